The van der Waals surface area contributed by atoms with Crippen LogP contribution in [0.25, 0.3) is 12.2 Å². The normalized spacial score (nSPS) is 11.5. The molecule has 2 rings (SSSR count). The van der Waals surface area contributed by atoms with Crippen LogP contribution in [0.3, 0.4) is 0 Å². The molecule has 2 amide bonds. The third kappa shape index (κ3) is 9.81. The fourth-order valence-electron chi connectivity index (χ4n) is 2.52. The summed E-state index contributed by atoms with van der Waals surface area (Å²) in [4.78, 5) is 23.8. The topological polar surface area (TPSA) is 178 Å². The summed E-state index contributed by atoms with van der Waals surface area (Å²) in [6.45, 7) is -0.0497. The zero-order chi connectivity index (χ0) is 23.5. The van der Waals surface area contributed by atoms with Crippen molar-refractivity contribution < 1.29 is 14.7 Å². The van der Waals surface area contributed by atoms with Crippen molar-refractivity contribution in [3.8, 4) is 0 Å². The van der Waals surface area contributed by atoms with E-state index >= 15 is 0 Å². The van der Waals surface area contributed by atoms with Gasteiger partial charge in [-0.1, -0.05) is 48.5 Å². The summed E-state index contributed by atoms with van der Waals surface area (Å²) in [5.74, 6) is -0.837. The van der Waals surface area contributed by atoms with Gasteiger partial charge in [-0.05, 0) is 23.3 Å². The number of hydrogen-bond donors (Lipinski definition) is 7. The number of nitrogens with one attached hydrogen (secondary N) is 4. The molecule has 9 nitrogen and oxygen atoms in total. The van der Waals surface area contributed by atoms with Crippen molar-refractivity contribution in [2.24, 2.45) is 11.5 Å². The number of halogens is 1. The number of nitrogens with two attached hydrogens (primary N) is 2. The molecule has 0 aliphatic rings. The van der Waals surface area contributed by atoms with Gasteiger partial charge in [0.05, 0.1) is 6.10 Å². The highest BCUT2D eigenvalue weighted by Crippen LogP contribution is 2.06. The summed E-state index contributed by atoms with van der Waals surface area (Å²) >= 11 is 0. The Morgan fingerprint density at radius 1 is 0.788 bits per heavy atom. The summed E-state index contributed by atoms with van der Waals surface area (Å²) in [6, 6.07) is 13.7. The van der Waals surface area contributed by atoms with Gasteiger partial charge in [0.2, 0.25) is 11.8 Å². The molecule has 33 heavy (non-hydrogen) atoms. The van der Waals surface area contributed by atoms with Crippen LogP contribution in [0.5, 0.6) is 0 Å². The van der Waals surface area contributed by atoms with E-state index in [9.17, 15) is 14.7 Å². The quantitative estimate of drug-likeness (QED) is 0.155. The van der Waals surface area contributed by atoms with Gasteiger partial charge < -0.3 is 27.2 Å². The fraction of sp³-hybridized carbons (Fsp3) is 0.130. The van der Waals surface area contributed by atoms with Crippen molar-refractivity contribution in [1.82, 2.24) is 10.6 Å². The largest absolute Gasteiger partial charge is 0.389 e. The molecule has 0 radical (unpaired) electrons. The first-order valence-corrected chi connectivity index (χ1v) is 9.73. The molecule has 9 N–H and O–H groups in total. The van der Waals surface area contributed by atoms with E-state index < -0.39 is 6.10 Å². The SMILES string of the molecule is Cl.N=C(N)c1ccc(C=CC(=O)NCC(O)CNC(=O)C=Cc2ccc(C(=N)N)cc2)cc1. The molecule has 0 aliphatic carbocycles. The molecule has 0 unspecified atom stereocenters. The predicted octanol–water partition coefficient (Wildman–Crippen LogP) is 0.996. The summed E-state index contributed by atoms with van der Waals surface area (Å²) in [6.07, 6.45) is 4.90. The van der Waals surface area contributed by atoms with Gasteiger partial charge >= 0.3 is 0 Å². The third-order valence-corrected chi connectivity index (χ3v) is 4.32. The Morgan fingerprint density at radius 2 is 1.12 bits per heavy atom. The molecule has 0 spiro atoms. The summed E-state index contributed by atoms with van der Waals surface area (Å²) in [5.41, 5.74) is 13.5. The molecular formula is C23H27ClN6O3. The Hall–Kier alpha value is -3.95. The number of hydrogen-bond acceptors (Lipinski definition) is 5. The minimum Gasteiger partial charge on any atom is -0.389 e. The molecule has 2 aromatic carbocycles. The van der Waals surface area contributed by atoms with E-state index in [-0.39, 0.29) is 49.0 Å². The van der Waals surface area contributed by atoms with E-state index in [4.69, 9.17) is 22.3 Å². The van der Waals surface area contributed by atoms with Gasteiger partial charge in [0, 0.05) is 36.4 Å². The average molecular weight is 471 g/mol. The van der Waals surface area contributed by atoms with E-state index in [0.29, 0.717) is 11.1 Å². The molecule has 0 saturated heterocycles. The van der Waals surface area contributed by atoms with Gasteiger partial charge in [0.25, 0.3) is 0 Å². The lowest BCUT2D eigenvalue weighted by Gasteiger charge is -2.11. The highest BCUT2D eigenvalue weighted by atomic mass is 35.5. The standard InChI is InChI=1S/C23H26N6O3.ClH/c24-22(25)17-7-1-15(2-8-17)5-11-20(31)28-13-19(30)14-29-21(32)12-6-16-3-9-18(10-4-16)23(26)27;/h1-12,19,30H,13-14H2,(H3,24,25)(H3,26,27)(H,28,31)(H,29,32);1H. The Morgan fingerprint density at radius 3 is 1.42 bits per heavy atom. The molecule has 0 aliphatic heterocycles. The van der Waals surface area contributed by atoms with Gasteiger partial charge in [0.1, 0.15) is 11.7 Å². The molecule has 0 heterocycles. The number of amides is 2. The van der Waals surface area contributed by atoms with Crippen molar-refractivity contribution in [3.05, 3.63) is 82.9 Å². The first-order chi connectivity index (χ1) is 15.2. The van der Waals surface area contributed by atoms with Crippen LogP contribution in [0, 0.1) is 10.8 Å². The number of rotatable bonds is 10. The molecule has 0 aromatic heterocycles. The van der Waals surface area contributed by atoms with Gasteiger partial charge in [-0.3, -0.25) is 20.4 Å². The minimum atomic E-state index is -0.950. The second kappa shape index (κ2) is 13.5. The van der Waals surface area contributed by atoms with Gasteiger partial charge in [-0.25, -0.2) is 0 Å². The maximum atomic E-state index is 11.9. The predicted molar refractivity (Wildman–Crippen MR) is 132 cm³/mol. The van der Waals surface area contributed by atoms with Gasteiger partial charge in [-0.2, -0.15) is 0 Å². The first-order valence-electron chi connectivity index (χ1n) is 9.73. The number of amidine groups is 2. The second-order valence-electron chi connectivity index (χ2n) is 6.88. The lowest BCUT2D eigenvalue weighted by Crippen LogP contribution is -2.39. The van der Waals surface area contributed by atoms with Crippen molar-refractivity contribution in [2.75, 3.05) is 13.1 Å². The highest BCUT2D eigenvalue weighted by Gasteiger charge is 2.07. The van der Waals surface area contributed by atoms with Crippen LogP contribution in [-0.2, 0) is 9.59 Å². The van der Waals surface area contributed by atoms with E-state index in [0.717, 1.165) is 11.1 Å². The maximum Gasteiger partial charge on any atom is 0.244 e. The minimum absolute atomic E-state index is 0. The molecule has 2 aromatic rings. The Kier molecular flexibility index (Phi) is 11.0. The summed E-state index contributed by atoms with van der Waals surface area (Å²) < 4.78 is 0. The van der Waals surface area contributed by atoms with E-state index in [1.54, 1.807) is 60.7 Å². The van der Waals surface area contributed by atoms with Crippen LogP contribution in [0.4, 0.5) is 0 Å². The highest BCUT2D eigenvalue weighted by molar-refractivity contribution is 5.96. The van der Waals surface area contributed by atoms with E-state index in [1.165, 1.54) is 12.2 Å². The van der Waals surface area contributed by atoms with Crippen LogP contribution in [0.15, 0.2) is 60.7 Å². The number of benzene rings is 2. The number of aliphatic hydroxyl groups is 1. The van der Waals surface area contributed by atoms with Gasteiger partial charge in [0.15, 0.2) is 0 Å². The Balaban J connectivity index is 0.00000544. The molecule has 0 fully saturated rings. The lowest BCUT2D eigenvalue weighted by atomic mass is 10.1. The zero-order valence-electron chi connectivity index (χ0n) is 17.7. The van der Waals surface area contributed by atoms with E-state index in [1.807, 2.05) is 0 Å². The molecule has 0 saturated carbocycles. The number of carbonyl (C=O) groups excluding carboxylic acids is 2. The first kappa shape index (κ1) is 27.1. The fourth-order valence-corrected chi connectivity index (χ4v) is 2.52. The second-order valence-corrected chi connectivity index (χ2v) is 6.88. The monoisotopic (exact) mass is 470 g/mol. The van der Waals surface area contributed by atoms with Crippen molar-refractivity contribution >= 4 is 48.0 Å². The summed E-state index contributed by atoms with van der Waals surface area (Å²) in [5, 5.41) is 29.7. The summed E-state index contributed by atoms with van der Waals surface area (Å²) in [7, 11) is 0. The van der Waals surface area contributed by atoms with E-state index in [2.05, 4.69) is 10.6 Å². The molecule has 174 valence electrons. The molecule has 0 bridgehead atoms. The molecule has 10 heteroatoms. The lowest BCUT2D eigenvalue weighted by molar-refractivity contribution is -0.116. The molecule has 0 atom stereocenters. The van der Waals surface area contributed by atoms with Crippen molar-refractivity contribution in [1.29, 1.82) is 10.8 Å². The number of carbonyl (C=O) groups is 2. The van der Waals surface area contributed by atoms with Crippen LogP contribution in [0.1, 0.15) is 22.3 Å². The van der Waals surface area contributed by atoms with Crippen LogP contribution < -0.4 is 22.1 Å². The van der Waals surface area contributed by atoms with Gasteiger partial charge in [-0.15, -0.1) is 12.4 Å². The average Bonchev–Trinajstić information content (AvgIpc) is 2.79. The van der Waals surface area contributed by atoms with Crippen LogP contribution >= 0.6 is 12.4 Å². The Labute approximate surface area is 198 Å². The van der Waals surface area contributed by atoms with Crippen molar-refractivity contribution in [3.63, 3.8) is 0 Å². The smallest absolute Gasteiger partial charge is 0.244 e. The zero-order valence-corrected chi connectivity index (χ0v) is 18.6. The molecular weight excluding hydrogens is 444 g/mol. The number of aliphatic hydroxyl groups excluding tert-OH is 1. The number of nitrogen functional groups attached to an aromatic ring is 2. The van der Waals surface area contributed by atoms with Crippen LogP contribution in [-0.4, -0.2) is 47.8 Å². The maximum absolute atomic E-state index is 11.9. The third-order valence-electron chi connectivity index (χ3n) is 4.32. The van der Waals surface area contributed by atoms with Crippen LogP contribution in [0.2, 0.25) is 0 Å². The van der Waals surface area contributed by atoms with Crippen molar-refractivity contribution in [2.45, 2.75) is 6.10 Å². The Bertz CT molecular complexity index is 950.